The molecule has 0 radical (unpaired) electrons. The molecule has 0 amide bonds. The fraction of sp³-hybridized carbons (Fsp3) is 0.571. The van der Waals surface area contributed by atoms with Crippen molar-refractivity contribution in [3.05, 3.63) is 28.8 Å². The van der Waals surface area contributed by atoms with Gasteiger partial charge in [0, 0.05) is 29.7 Å². The Morgan fingerprint density at radius 3 is 2.59 bits per heavy atom. The lowest BCUT2D eigenvalue weighted by Gasteiger charge is -2.34. The Morgan fingerprint density at radius 2 is 2.00 bits per heavy atom. The minimum atomic E-state index is 0.531. The molecule has 1 saturated heterocycles. The minimum absolute atomic E-state index is 0.531. The van der Waals surface area contributed by atoms with Gasteiger partial charge in [-0.3, -0.25) is 0 Å². The summed E-state index contributed by atoms with van der Waals surface area (Å²) in [5.41, 5.74) is 2.41. The summed E-state index contributed by atoms with van der Waals surface area (Å²) in [7, 11) is 0. The van der Waals surface area contributed by atoms with Crippen molar-refractivity contribution >= 4 is 28.9 Å². The molecule has 1 heterocycles. The summed E-state index contributed by atoms with van der Waals surface area (Å²) >= 11 is 12.0. The molecule has 0 unspecified atom stereocenters. The van der Waals surface area contributed by atoms with Crippen molar-refractivity contribution in [1.82, 2.24) is 0 Å². The topological polar surface area (TPSA) is 3.24 Å². The van der Waals surface area contributed by atoms with E-state index in [0.29, 0.717) is 5.88 Å². The van der Waals surface area contributed by atoms with Crippen LogP contribution in [-0.2, 0) is 5.88 Å². The highest BCUT2D eigenvalue weighted by molar-refractivity contribution is 6.30. The third kappa shape index (κ3) is 3.08. The van der Waals surface area contributed by atoms with E-state index in [2.05, 4.69) is 17.9 Å². The van der Waals surface area contributed by atoms with Gasteiger partial charge in [-0.2, -0.15) is 0 Å². The highest BCUT2D eigenvalue weighted by Crippen LogP contribution is 2.30. The van der Waals surface area contributed by atoms with Crippen LogP contribution in [0.2, 0.25) is 5.02 Å². The monoisotopic (exact) mass is 271 g/mol. The molecule has 1 aliphatic heterocycles. The van der Waals surface area contributed by atoms with Crippen molar-refractivity contribution in [2.24, 2.45) is 5.92 Å². The van der Waals surface area contributed by atoms with Crippen LogP contribution in [0.5, 0.6) is 0 Å². The van der Waals surface area contributed by atoms with Crippen molar-refractivity contribution < 1.29 is 0 Å². The molecular weight excluding hydrogens is 253 g/mol. The minimum Gasteiger partial charge on any atom is -0.371 e. The fourth-order valence-corrected chi connectivity index (χ4v) is 2.96. The Labute approximate surface area is 114 Å². The maximum Gasteiger partial charge on any atom is 0.0495 e. The first-order valence-electron chi connectivity index (χ1n) is 6.34. The molecule has 17 heavy (non-hydrogen) atoms. The van der Waals surface area contributed by atoms with Gasteiger partial charge in [-0.15, -0.1) is 11.6 Å². The zero-order valence-electron chi connectivity index (χ0n) is 10.3. The summed E-state index contributed by atoms with van der Waals surface area (Å²) in [4.78, 5) is 2.44. The van der Waals surface area contributed by atoms with Crippen molar-refractivity contribution in [2.45, 2.75) is 32.1 Å². The van der Waals surface area contributed by atoms with Crippen molar-refractivity contribution in [3.8, 4) is 0 Å². The van der Waals surface area contributed by atoms with Crippen molar-refractivity contribution in [2.75, 3.05) is 18.0 Å². The Hall–Kier alpha value is -0.400. The van der Waals surface area contributed by atoms with Crippen LogP contribution >= 0.6 is 23.2 Å². The average molecular weight is 272 g/mol. The van der Waals surface area contributed by atoms with Crippen molar-refractivity contribution in [3.63, 3.8) is 0 Å². The first-order chi connectivity index (χ1) is 8.24. The van der Waals surface area contributed by atoms with Crippen LogP contribution in [0.3, 0.4) is 0 Å². The fourth-order valence-electron chi connectivity index (χ4n) is 2.55. The predicted octanol–water partition coefficient (Wildman–Crippen LogP) is 4.71. The van der Waals surface area contributed by atoms with Gasteiger partial charge in [-0.25, -0.2) is 0 Å². The lowest BCUT2D eigenvalue weighted by Crippen LogP contribution is -2.34. The molecule has 3 heteroatoms. The van der Waals surface area contributed by atoms with E-state index in [1.54, 1.807) is 0 Å². The Balaban J connectivity index is 2.12. The maximum atomic E-state index is 6.00. The standard InChI is InChI=1S/C14H19Cl2N/c1-2-11-5-7-17(8-6-11)14-4-3-13(16)9-12(14)10-15/h3-4,9,11H,2,5-8,10H2,1H3. The number of hydrogen-bond acceptors (Lipinski definition) is 1. The molecule has 0 saturated carbocycles. The zero-order valence-corrected chi connectivity index (χ0v) is 11.8. The van der Waals surface area contributed by atoms with Crippen LogP contribution in [0.15, 0.2) is 18.2 Å². The van der Waals surface area contributed by atoms with E-state index in [4.69, 9.17) is 23.2 Å². The predicted molar refractivity (Wildman–Crippen MR) is 76.2 cm³/mol. The molecule has 1 aromatic carbocycles. The van der Waals surface area contributed by atoms with Crippen LogP contribution in [-0.4, -0.2) is 13.1 Å². The zero-order chi connectivity index (χ0) is 12.3. The molecule has 2 rings (SSSR count). The molecule has 1 nitrogen and oxygen atoms in total. The lowest BCUT2D eigenvalue weighted by molar-refractivity contribution is 0.395. The molecule has 0 atom stereocenters. The van der Waals surface area contributed by atoms with Gasteiger partial charge < -0.3 is 4.90 Å². The van der Waals surface area contributed by atoms with E-state index in [1.165, 1.54) is 24.9 Å². The molecule has 1 fully saturated rings. The number of hydrogen-bond donors (Lipinski definition) is 0. The first-order valence-corrected chi connectivity index (χ1v) is 7.25. The SMILES string of the molecule is CCC1CCN(c2ccc(Cl)cc2CCl)CC1. The molecule has 0 spiro atoms. The second-order valence-corrected chi connectivity index (χ2v) is 5.45. The van der Waals surface area contributed by atoms with Crippen LogP contribution in [0.25, 0.3) is 0 Å². The number of rotatable bonds is 3. The van der Waals surface area contributed by atoms with Crippen LogP contribution in [0.1, 0.15) is 31.7 Å². The summed E-state index contributed by atoms with van der Waals surface area (Å²) in [5.74, 6) is 1.43. The number of halogens is 2. The van der Waals surface area contributed by atoms with E-state index in [0.717, 1.165) is 29.6 Å². The Morgan fingerprint density at radius 1 is 1.29 bits per heavy atom. The maximum absolute atomic E-state index is 6.00. The quantitative estimate of drug-likeness (QED) is 0.720. The Bertz CT molecular complexity index is 370. The second-order valence-electron chi connectivity index (χ2n) is 4.75. The van der Waals surface area contributed by atoms with Gasteiger partial charge in [0.05, 0.1) is 0 Å². The van der Waals surface area contributed by atoms with E-state index >= 15 is 0 Å². The van der Waals surface area contributed by atoms with Crippen molar-refractivity contribution in [1.29, 1.82) is 0 Å². The van der Waals surface area contributed by atoms with E-state index < -0.39 is 0 Å². The molecule has 0 N–H and O–H groups in total. The number of nitrogens with zero attached hydrogens (tertiary/aromatic N) is 1. The van der Waals surface area contributed by atoms with Crippen LogP contribution < -0.4 is 4.90 Å². The normalized spacial score (nSPS) is 17.5. The third-order valence-electron chi connectivity index (χ3n) is 3.72. The van der Waals surface area contributed by atoms with Crippen LogP contribution in [0, 0.1) is 5.92 Å². The number of anilines is 1. The lowest BCUT2D eigenvalue weighted by atomic mass is 9.94. The summed E-state index contributed by atoms with van der Waals surface area (Å²) in [6.45, 7) is 4.57. The number of alkyl halides is 1. The molecule has 0 bridgehead atoms. The molecule has 1 aromatic rings. The summed E-state index contributed by atoms with van der Waals surface area (Å²) in [5, 5.41) is 0.771. The van der Waals surface area contributed by atoms with Crippen LogP contribution in [0.4, 0.5) is 5.69 Å². The molecular formula is C14H19Cl2N. The van der Waals surface area contributed by atoms with Gasteiger partial charge in [0.2, 0.25) is 0 Å². The number of benzene rings is 1. The highest BCUT2D eigenvalue weighted by Gasteiger charge is 2.19. The molecule has 0 aromatic heterocycles. The van der Waals surface area contributed by atoms with Gasteiger partial charge in [-0.05, 0) is 42.5 Å². The van der Waals surface area contributed by atoms with Gasteiger partial charge in [0.25, 0.3) is 0 Å². The summed E-state index contributed by atoms with van der Waals surface area (Å²) in [6, 6.07) is 6.04. The first kappa shape index (κ1) is 13.0. The Kier molecular flexibility index (Phi) is 4.58. The van der Waals surface area contributed by atoms with Gasteiger partial charge in [0.15, 0.2) is 0 Å². The molecule has 94 valence electrons. The third-order valence-corrected chi connectivity index (χ3v) is 4.24. The summed E-state index contributed by atoms with van der Waals surface area (Å²) < 4.78 is 0. The van der Waals surface area contributed by atoms with Gasteiger partial charge >= 0.3 is 0 Å². The molecule has 1 aliphatic rings. The smallest absolute Gasteiger partial charge is 0.0495 e. The average Bonchev–Trinajstić information content (AvgIpc) is 2.39. The van der Waals surface area contributed by atoms with Gasteiger partial charge in [-0.1, -0.05) is 24.9 Å². The largest absolute Gasteiger partial charge is 0.371 e. The second kappa shape index (κ2) is 5.97. The number of piperidine rings is 1. The summed E-state index contributed by atoms with van der Waals surface area (Å²) in [6.07, 6.45) is 3.89. The van der Waals surface area contributed by atoms with E-state index in [-0.39, 0.29) is 0 Å². The van der Waals surface area contributed by atoms with E-state index in [1.807, 2.05) is 12.1 Å². The highest BCUT2D eigenvalue weighted by atomic mass is 35.5. The van der Waals surface area contributed by atoms with E-state index in [9.17, 15) is 0 Å². The van der Waals surface area contributed by atoms with Gasteiger partial charge in [0.1, 0.15) is 0 Å². The molecule has 0 aliphatic carbocycles.